The highest BCUT2D eigenvalue weighted by molar-refractivity contribution is 5.76. The van der Waals surface area contributed by atoms with Crippen molar-refractivity contribution in [1.82, 2.24) is 14.5 Å². The van der Waals surface area contributed by atoms with Crippen molar-refractivity contribution in [3.8, 4) is 5.75 Å². The molecule has 0 saturated carbocycles. The third-order valence-electron chi connectivity index (χ3n) is 6.32. The zero-order valence-corrected chi connectivity index (χ0v) is 20.8. The normalized spacial score (nSPS) is 11.2. The van der Waals surface area contributed by atoms with Gasteiger partial charge in [-0.3, -0.25) is 9.69 Å². The largest absolute Gasteiger partial charge is 0.494 e. The number of ether oxygens (including phenoxy) is 1. The van der Waals surface area contributed by atoms with Crippen LogP contribution >= 0.6 is 0 Å². The summed E-state index contributed by atoms with van der Waals surface area (Å²) >= 11 is 0. The Morgan fingerprint density at radius 1 is 0.972 bits per heavy atom. The van der Waals surface area contributed by atoms with E-state index in [4.69, 9.17) is 10.5 Å². The summed E-state index contributed by atoms with van der Waals surface area (Å²) < 4.78 is 8.07. The number of imidazole rings is 1. The van der Waals surface area contributed by atoms with Crippen molar-refractivity contribution < 1.29 is 9.53 Å². The molecule has 0 fully saturated rings. The minimum Gasteiger partial charge on any atom is -0.494 e. The van der Waals surface area contributed by atoms with Gasteiger partial charge in [0.1, 0.15) is 11.6 Å². The van der Waals surface area contributed by atoms with E-state index in [9.17, 15) is 4.79 Å². The Morgan fingerprint density at radius 2 is 1.61 bits per heavy atom. The van der Waals surface area contributed by atoms with Crippen molar-refractivity contribution in [2.45, 2.75) is 25.3 Å². The molecule has 3 aromatic carbocycles. The number of nitrogens with zero attached hydrogens (tertiary/aromatic N) is 3. The molecule has 186 valence electrons. The van der Waals surface area contributed by atoms with Crippen LogP contribution in [0.3, 0.4) is 0 Å². The Morgan fingerprint density at radius 3 is 2.17 bits per heavy atom. The van der Waals surface area contributed by atoms with E-state index in [1.807, 2.05) is 43.7 Å². The lowest BCUT2D eigenvalue weighted by molar-refractivity contribution is -0.117. The number of hydrogen-bond donors (Lipinski definition) is 1. The van der Waals surface area contributed by atoms with E-state index in [1.165, 1.54) is 11.1 Å². The number of amides is 1. The van der Waals surface area contributed by atoms with Crippen LogP contribution in [0.25, 0.3) is 0 Å². The van der Waals surface area contributed by atoms with Crippen LogP contribution in [0.1, 0.15) is 34.9 Å². The highest BCUT2D eigenvalue weighted by atomic mass is 16.5. The Balaban J connectivity index is 1.43. The molecule has 1 heterocycles. The van der Waals surface area contributed by atoms with Crippen molar-refractivity contribution in [1.29, 1.82) is 0 Å². The van der Waals surface area contributed by atoms with Gasteiger partial charge < -0.3 is 15.0 Å². The van der Waals surface area contributed by atoms with E-state index >= 15 is 0 Å². The number of benzene rings is 3. The van der Waals surface area contributed by atoms with Crippen LogP contribution in [0.5, 0.6) is 5.75 Å². The molecular formula is C30H34N4O2. The topological polar surface area (TPSA) is 73.4 Å². The summed E-state index contributed by atoms with van der Waals surface area (Å²) in [5, 5.41) is 0. The highest BCUT2D eigenvalue weighted by Crippen LogP contribution is 2.26. The van der Waals surface area contributed by atoms with Gasteiger partial charge in [0.2, 0.25) is 5.91 Å². The zero-order chi connectivity index (χ0) is 25.2. The lowest BCUT2D eigenvalue weighted by atomic mass is 9.90. The van der Waals surface area contributed by atoms with Crippen LogP contribution in [0.4, 0.5) is 0 Å². The lowest BCUT2D eigenvalue weighted by Gasteiger charge is -2.28. The Bertz CT molecular complexity index is 1170. The molecule has 0 aliphatic carbocycles. The smallest absolute Gasteiger partial charge is 0.221 e. The van der Waals surface area contributed by atoms with Crippen LogP contribution in [0.2, 0.25) is 0 Å². The summed E-state index contributed by atoms with van der Waals surface area (Å²) in [5.74, 6) is 1.76. The number of carbonyl (C=O) groups is 1. The molecular weight excluding hydrogens is 448 g/mol. The van der Waals surface area contributed by atoms with Gasteiger partial charge in [0, 0.05) is 38.4 Å². The van der Waals surface area contributed by atoms with Crippen molar-refractivity contribution in [2.24, 2.45) is 12.8 Å². The number of rotatable bonds is 13. The molecule has 4 rings (SSSR count). The molecule has 0 unspecified atom stereocenters. The molecule has 0 aliphatic rings. The number of aryl methyl sites for hydroxylation is 1. The fourth-order valence-corrected chi connectivity index (χ4v) is 4.40. The first-order valence-corrected chi connectivity index (χ1v) is 12.4. The first-order valence-electron chi connectivity index (χ1n) is 12.4. The summed E-state index contributed by atoms with van der Waals surface area (Å²) in [4.78, 5) is 18.1. The molecule has 6 heteroatoms. The maximum absolute atomic E-state index is 11.1. The van der Waals surface area contributed by atoms with E-state index in [0.717, 1.165) is 43.2 Å². The van der Waals surface area contributed by atoms with Gasteiger partial charge >= 0.3 is 0 Å². The third kappa shape index (κ3) is 7.30. The molecule has 2 N–H and O–H groups in total. The molecule has 0 spiro atoms. The van der Waals surface area contributed by atoms with Gasteiger partial charge in [-0.15, -0.1) is 0 Å². The Kier molecular flexibility index (Phi) is 8.89. The van der Waals surface area contributed by atoms with E-state index in [1.54, 1.807) is 0 Å². The Hall–Kier alpha value is -3.90. The minimum absolute atomic E-state index is 0.242. The second-order valence-corrected chi connectivity index (χ2v) is 9.05. The number of aromatic nitrogens is 2. The lowest BCUT2D eigenvalue weighted by Crippen LogP contribution is -2.31. The van der Waals surface area contributed by atoms with Crippen LogP contribution < -0.4 is 10.5 Å². The molecule has 4 aromatic rings. The predicted molar refractivity (Wildman–Crippen MR) is 143 cm³/mol. The fraction of sp³-hybridized carbons (Fsp3) is 0.267. The molecule has 6 nitrogen and oxygen atoms in total. The minimum atomic E-state index is -0.333. The van der Waals surface area contributed by atoms with Crippen molar-refractivity contribution in [3.05, 3.63) is 120 Å². The molecule has 0 bridgehead atoms. The van der Waals surface area contributed by atoms with Gasteiger partial charge in [0.05, 0.1) is 19.6 Å². The third-order valence-corrected chi connectivity index (χ3v) is 6.32. The van der Waals surface area contributed by atoms with Gasteiger partial charge in [0.25, 0.3) is 0 Å². The van der Waals surface area contributed by atoms with Crippen molar-refractivity contribution in [2.75, 3.05) is 19.7 Å². The standard InChI is InChI=1S/C30H34N4O2/c1-33-19-17-32-30(33)23-34(18-8-20-36-27-15-13-24(14-16-27)21-29(31)35)22-28(25-9-4-2-5-10-25)26-11-6-3-7-12-26/h2-7,9-17,19,28H,8,18,20-23H2,1H3,(H2,31,35). The van der Waals surface area contributed by atoms with Crippen molar-refractivity contribution >= 4 is 5.91 Å². The quantitative estimate of drug-likeness (QED) is 0.284. The van der Waals surface area contributed by atoms with Crippen LogP contribution in [-0.2, 0) is 24.8 Å². The van der Waals surface area contributed by atoms with Crippen LogP contribution in [0, 0.1) is 0 Å². The van der Waals surface area contributed by atoms with E-state index < -0.39 is 0 Å². The summed E-state index contributed by atoms with van der Waals surface area (Å²) in [6.45, 7) is 3.13. The van der Waals surface area contributed by atoms with E-state index in [-0.39, 0.29) is 18.2 Å². The fourth-order valence-electron chi connectivity index (χ4n) is 4.40. The number of carbonyl (C=O) groups excluding carboxylic acids is 1. The molecule has 0 saturated heterocycles. The SMILES string of the molecule is Cn1ccnc1CN(CCCOc1ccc(CC(N)=O)cc1)CC(c1ccccc1)c1ccccc1. The average molecular weight is 483 g/mol. The molecule has 1 aromatic heterocycles. The average Bonchev–Trinajstić information content (AvgIpc) is 3.30. The predicted octanol–water partition coefficient (Wildman–Crippen LogP) is 4.55. The van der Waals surface area contributed by atoms with E-state index in [0.29, 0.717) is 6.61 Å². The van der Waals surface area contributed by atoms with Gasteiger partial charge in [-0.2, -0.15) is 0 Å². The maximum atomic E-state index is 11.1. The summed E-state index contributed by atoms with van der Waals surface area (Å²) in [5.41, 5.74) is 8.78. The van der Waals surface area contributed by atoms with Gasteiger partial charge in [0.15, 0.2) is 0 Å². The highest BCUT2D eigenvalue weighted by Gasteiger charge is 2.19. The maximum Gasteiger partial charge on any atom is 0.221 e. The van der Waals surface area contributed by atoms with Gasteiger partial charge in [-0.05, 0) is 35.2 Å². The molecule has 36 heavy (non-hydrogen) atoms. The second-order valence-electron chi connectivity index (χ2n) is 9.05. The number of nitrogens with two attached hydrogens (primary N) is 1. The molecule has 0 atom stereocenters. The number of primary amides is 1. The zero-order valence-electron chi connectivity index (χ0n) is 20.8. The summed E-state index contributed by atoms with van der Waals surface area (Å²) in [7, 11) is 2.04. The number of hydrogen-bond acceptors (Lipinski definition) is 4. The van der Waals surface area contributed by atoms with Crippen LogP contribution in [0.15, 0.2) is 97.3 Å². The second kappa shape index (κ2) is 12.7. The Labute approximate surface area is 213 Å². The van der Waals surface area contributed by atoms with Gasteiger partial charge in [-0.25, -0.2) is 4.98 Å². The van der Waals surface area contributed by atoms with Gasteiger partial charge in [-0.1, -0.05) is 72.8 Å². The van der Waals surface area contributed by atoms with Crippen LogP contribution in [-0.4, -0.2) is 40.1 Å². The van der Waals surface area contributed by atoms with Crippen molar-refractivity contribution in [3.63, 3.8) is 0 Å². The first kappa shape index (κ1) is 25.2. The summed E-state index contributed by atoms with van der Waals surface area (Å²) in [6, 6.07) is 29.0. The first-order chi connectivity index (χ1) is 17.6. The summed E-state index contributed by atoms with van der Waals surface area (Å²) in [6.07, 6.45) is 4.96. The van der Waals surface area contributed by atoms with E-state index in [2.05, 4.69) is 75.1 Å². The molecule has 0 aliphatic heterocycles. The molecule has 0 radical (unpaired) electrons. The monoisotopic (exact) mass is 482 g/mol. The molecule has 1 amide bonds.